The van der Waals surface area contributed by atoms with Gasteiger partial charge in [0.1, 0.15) is 11.8 Å². The number of primary amides is 1. The van der Waals surface area contributed by atoms with Gasteiger partial charge in [-0.2, -0.15) is 10.2 Å². The van der Waals surface area contributed by atoms with E-state index in [1.165, 1.54) is 5.01 Å². The van der Waals surface area contributed by atoms with E-state index < -0.39 is 17.9 Å². The molecular formula is C20H21N7O2. The molecule has 2 amide bonds. The number of para-hydroxylation sites is 1. The van der Waals surface area contributed by atoms with E-state index in [1.54, 1.807) is 12.4 Å². The number of carbonyl (C=O) groups excluding carboxylic acids is 2. The smallest absolute Gasteiger partial charge is 0.272 e. The van der Waals surface area contributed by atoms with E-state index in [-0.39, 0.29) is 18.2 Å². The number of hydrogen-bond donors (Lipinski definition) is 2. The molecule has 0 fully saturated rings. The van der Waals surface area contributed by atoms with E-state index >= 15 is 0 Å². The number of carbonyl (C=O) groups is 2. The highest BCUT2D eigenvalue weighted by Crippen LogP contribution is 2.25. The van der Waals surface area contributed by atoms with Crippen LogP contribution in [-0.2, 0) is 9.59 Å². The molecule has 1 unspecified atom stereocenters. The number of benzene rings is 1. The van der Waals surface area contributed by atoms with Crippen molar-refractivity contribution in [1.29, 1.82) is 0 Å². The van der Waals surface area contributed by atoms with Crippen molar-refractivity contribution in [1.82, 2.24) is 14.8 Å². The molecule has 1 aromatic carbocycles. The van der Waals surface area contributed by atoms with Gasteiger partial charge in [-0.05, 0) is 32.0 Å². The Kier molecular flexibility index (Phi) is 4.71. The standard InChI is InChI=1S/C20H21N7O2/c1-12(2)26-19-13(10-23-26)8-14(11-22-19)24-20(29)16-9-17(18(21)28)27(25-16)15-6-4-3-5-7-15/h3-8,10-12,17H,9H2,1-2H3,(H2,21,28)(H,24,29). The fraction of sp³-hybridized carbons (Fsp3) is 0.250. The van der Waals surface area contributed by atoms with Crippen molar-refractivity contribution >= 4 is 39.9 Å². The molecule has 1 aliphatic rings. The minimum Gasteiger partial charge on any atom is -0.368 e. The molecule has 2 aromatic heterocycles. The summed E-state index contributed by atoms with van der Waals surface area (Å²) in [5.74, 6) is -0.934. The summed E-state index contributed by atoms with van der Waals surface area (Å²) in [5, 5.41) is 13.8. The van der Waals surface area contributed by atoms with Crippen molar-refractivity contribution in [3.05, 3.63) is 48.8 Å². The van der Waals surface area contributed by atoms with Gasteiger partial charge in [-0.3, -0.25) is 14.6 Å². The lowest BCUT2D eigenvalue weighted by Gasteiger charge is -2.20. The number of pyridine rings is 1. The third kappa shape index (κ3) is 3.54. The van der Waals surface area contributed by atoms with Gasteiger partial charge in [0.25, 0.3) is 5.91 Å². The molecule has 9 nitrogen and oxygen atoms in total. The highest BCUT2D eigenvalue weighted by molar-refractivity contribution is 6.44. The summed E-state index contributed by atoms with van der Waals surface area (Å²) in [6.07, 6.45) is 3.43. The quantitative estimate of drug-likeness (QED) is 0.690. The van der Waals surface area contributed by atoms with Crippen LogP contribution in [0.2, 0.25) is 0 Å². The summed E-state index contributed by atoms with van der Waals surface area (Å²) in [6, 6.07) is 10.4. The first-order chi connectivity index (χ1) is 13.9. The predicted molar refractivity (Wildman–Crippen MR) is 110 cm³/mol. The van der Waals surface area contributed by atoms with Crippen molar-refractivity contribution in [3.8, 4) is 0 Å². The molecule has 0 saturated heterocycles. The number of fused-ring (bicyclic) bond motifs is 1. The van der Waals surface area contributed by atoms with Crippen LogP contribution in [0, 0.1) is 0 Å². The third-order valence-corrected chi connectivity index (χ3v) is 4.70. The van der Waals surface area contributed by atoms with E-state index in [4.69, 9.17) is 5.73 Å². The lowest BCUT2D eigenvalue weighted by molar-refractivity contribution is -0.119. The first-order valence-corrected chi connectivity index (χ1v) is 9.29. The Morgan fingerprint density at radius 3 is 2.66 bits per heavy atom. The average molecular weight is 391 g/mol. The number of amides is 2. The van der Waals surface area contributed by atoms with Crippen molar-refractivity contribution in [3.63, 3.8) is 0 Å². The zero-order valence-corrected chi connectivity index (χ0v) is 16.1. The molecule has 3 heterocycles. The molecule has 0 saturated carbocycles. The number of rotatable bonds is 5. The lowest BCUT2D eigenvalue weighted by Crippen LogP contribution is -2.39. The maximum absolute atomic E-state index is 12.7. The lowest BCUT2D eigenvalue weighted by atomic mass is 10.1. The Bertz CT molecular complexity index is 1100. The van der Waals surface area contributed by atoms with Gasteiger partial charge in [0, 0.05) is 17.8 Å². The van der Waals surface area contributed by atoms with Gasteiger partial charge in [0.2, 0.25) is 5.91 Å². The monoisotopic (exact) mass is 391 g/mol. The Labute approximate surface area is 167 Å². The van der Waals surface area contributed by atoms with Gasteiger partial charge in [-0.25, -0.2) is 9.67 Å². The van der Waals surface area contributed by atoms with Crippen molar-refractivity contribution in [2.24, 2.45) is 10.8 Å². The van der Waals surface area contributed by atoms with Crippen molar-refractivity contribution in [2.75, 3.05) is 10.3 Å². The summed E-state index contributed by atoms with van der Waals surface area (Å²) in [5.41, 5.74) is 7.73. The average Bonchev–Trinajstić information content (AvgIpc) is 3.33. The summed E-state index contributed by atoms with van der Waals surface area (Å²) in [4.78, 5) is 29.0. The van der Waals surface area contributed by atoms with Crippen LogP contribution in [0.25, 0.3) is 11.0 Å². The summed E-state index contributed by atoms with van der Waals surface area (Å²) in [6.45, 7) is 4.05. The number of nitrogens with zero attached hydrogens (tertiary/aromatic N) is 5. The maximum Gasteiger partial charge on any atom is 0.272 e. The van der Waals surface area contributed by atoms with Gasteiger partial charge >= 0.3 is 0 Å². The van der Waals surface area contributed by atoms with Crippen molar-refractivity contribution < 1.29 is 9.59 Å². The first-order valence-electron chi connectivity index (χ1n) is 9.29. The molecular weight excluding hydrogens is 370 g/mol. The van der Waals surface area contributed by atoms with Gasteiger partial charge in [0.15, 0.2) is 5.65 Å². The molecule has 148 valence electrons. The highest BCUT2D eigenvalue weighted by Gasteiger charge is 2.35. The second kappa shape index (κ2) is 7.34. The van der Waals surface area contributed by atoms with E-state index in [2.05, 4.69) is 20.5 Å². The van der Waals surface area contributed by atoms with Crippen LogP contribution >= 0.6 is 0 Å². The Morgan fingerprint density at radius 1 is 1.21 bits per heavy atom. The molecule has 9 heteroatoms. The minimum atomic E-state index is -0.706. The Balaban J connectivity index is 1.56. The zero-order chi connectivity index (χ0) is 20.5. The fourth-order valence-corrected chi connectivity index (χ4v) is 3.28. The van der Waals surface area contributed by atoms with Crippen LogP contribution in [0.3, 0.4) is 0 Å². The Morgan fingerprint density at radius 2 is 1.97 bits per heavy atom. The van der Waals surface area contributed by atoms with E-state index in [1.807, 2.05) is 54.9 Å². The second-order valence-corrected chi connectivity index (χ2v) is 7.12. The summed E-state index contributed by atoms with van der Waals surface area (Å²) >= 11 is 0. The van der Waals surface area contributed by atoms with Gasteiger partial charge in [-0.1, -0.05) is 18.2 Å². The molecule has 3 aromatic rings. The van der Waals surface area contributed by atoms with Crippen LogP contribution in [0.5, 0.6) is 0 Å². The Hall–Kier alpha value is -3.75. The summed E-state index contributed by atoms with van der Waals surface area (Å²) < 4.78 is 1.82. The second-order valence-electron chi connectivity index (χ2n) is 7.12. The van der Waals surface area contributed by atoms with E-state index in [0.29, 0.717) is 11.4 Å². The fourth-order valence-electron chi connectivity index (χ4n) is 3.28. The predicted octanol–water partition coefficient (Wildman–Crippen LogP) is 2.07. The van der Waals surface area contributed by atoms with Crippen LogP contribution in [0.1, 0.15) is 26.3 Å². The minimum absolute atomic E-state index is 0.136. The van der Waals surface area contributed by atoms with Gasteiger partial charge < -0.3 is 11.1 Å². The maximum atomic E-state index is 12.7. The molecule has 0 spiro atoms. The number of nitrogens with one attached hydrogen (secondary N) is 1. The van der Waals surface area contributed by atoms with Gasteiger partial charge in [-0.15, -0.1) is 0 Å². The molecule has 0 bridgehead atoms. The number of aromatic nitrogens is 3. The van der Waals surface area contributed by atoms with Crippen LogP contribution in [0.4, 0.5) is 11.4 Å². The van der Waals surface area contributed by atoms with Crippen molar-refractivity contribution in [2.45, 2.75) is 32.4 Å². The topological polar surface area (TPSA) is 119 Å². The van der Waals surface area contributed by atoms with E-state index in [0.717, 1.165) is 11.0 Å². The summed E-state index contributed by atoms with van der Waals surface area (Å²) in [7, 11) is 0. The number of anilines is 2. The molecule has 4 rings (SSSR count). The molecule has 3 N–H and O–H groups in total. The number of hydrazone groups is 1. The first kappa shape index (κ1) is 18.6. The SMILES string of the molecule is CC(C)n1ncc2cc(NC(=O)C3=NN(c4ccccc4)C(C(N)=O)C3)cnc21. The molecule has 1 aliphatic heterocycles. The van der Waals surface area contributed by atoms with Crippen LogP contribution in [0.15, 0.2) is 53.9 Å². The van der Waals surface area contributed by atoms with Crippen LogP contribution in [-0.4, -0.2) is 38.3 Å². The number of nitrogens with two attached hydrogens (primary N) is 1. The largest absolute Gasteiger partial charge is 0.368 e. The third-order valence-electron chi connectivity index (χ3n) is 4.70. The molecule has 29 heavy (non-hydrogen) atoms. The highest BCUT2D eigenvalue weighted by atomic mass is 16.2. The molecule has 0 aliphatic carbocycles. The van der Waals surface area contributed by atoms with Crippen LogP contribution < -0.4 is 16.1 Å². The van der Waals surface area contributed by atoms with Gasteiger partial charge in [0.05, 0.1) is 23.8 Å². The zero-order valence-electron chi connectivity index (χ0n) is 16.1. The molecule has 0 radical (unpaired) electrons. The molecule has 1 atom stereocenters. The normalized spacial score (nSPS) is 16.3. The van der Waals surface area contributed by atoms with E-state index in [9.17, 15) is 9.59 Å². The number of hydrogen-bond acceptors (Lipinski definition) is 6.